The van der Waals surface area contributed by atoms with Crippen molar-refractivity contribution >= 4 is 28.8 Å². The van der Waals surface area contributed by atoms with E-state index in [1.54, 1.807) is 30.3 Å². The van der Waals surface area contributed by atoms with Crippen LogP contribution >= 0.6 is 0 Å². The molecule has 0 aromatic heterocycles. The lowest BCUT2D eigenvalue weighted by Gasteiger charge is -2.16. The number of benzene rings is 3. The molecule has 0 atom stereocenters. The highest BCUT2D eigenvalue weighted by Gasteiger charge is 2.40. The summed E-state index contributed by atoms with van der Waals surface area (Å²) in [5.41, 5.74) is 2.43. The zero-order valence-electron chi connectivity index (χ0n) is 17.8. The fourth-order valence-electron chi connectivity index (χ4n) is 3.53. The molecule has 2 amide bonds. The van der Waals surface area contributed by atoms with E-state index < -0.39 is 17.6 Å². The highest BCUT2D eigenvalue weighted by molar-refractivity contribution is 6.46. The topological polar surface area (TPSA) is 67.9 Å². The number of rotatable bonds is 6. The van der Waals surface area contributed by atoms with Crippen LogP contribution in [0, 0.1) is 12.7 Å². The van der Waals surface area contributed by atoms with Crippen LogP contribution in [0.1, 0.15) is 11.1 Å². The number of nitrogens with one attached hydrogen (secondary N) is 1. The SMILES string of the molecule is COc1ccc(OC)c(NC2=C(c3ccc(C)cc3)C(=O)N(c3cccc(F)c3)C2=O)c1. The fraction of sp³-hybridized carbons (Fsp3) is 0.120. The number of hydrogen-bond acceptors (Lipinski definition) is 5. The van der Waals surface area contributed by atoms with Crippen molar-refractivity contribution in [3.8, 4) is 11.5 Å². The average Bonchev–Trinajstić information content (AvgIpc) is 3.03. The highest BCUT2D eigenvalue weighted by atomic mass is 19.1. The van der Waals surface area contributed by atoms with Crippen LogP contribution in [0.5, 0.6) is 11.5 Å². The van der Waals surface area contributed by atoms with Gasteiger partial charge in [0.15, 0.2) is 0 Å². The van der Waals surface area contributed by atoms with Gasteiger partial charge in [-0.15, -0.1) is 0 Å². The molecule has 0 unspecified atom stereocenters. The first-order chi connectivity index (χ1) is 15.4. The summed E-state index contributed by atoms with van der Waals surface area (Å²) in [4.78, 5) is 27.8. The van der Waals surface area contributed by atoms with Crippen molar-refractivity contribution in [2.24, 2.45) is 0 Å². The number of nitrogens with zero attached hydrogens (tertiary/aromatic N) is 1. The summed E-state index contributed by atoms with van der Waals surface area (Å²) in [5.74, 6) is -0.679. The molecule has 0 saturated heterocycles. The maximum absolute atomic E-state index is 13.9. The van der Waals surface area contributed by atoms with Crippen molar-refractivity contribution in [1.29, 1.82) is 0 Å². The van der Waals surface area contributed by atoms with E-state index in [0.29, 0.717) is 22.7 Å². The molecule has 4 rings (SSSR count). The number of ether oxygens (including phenoxy) is 2. The molecule has 0 radical (unpaired) electrons. The molecule has 162 valence electrons. The van der Waals surface area contributed by atoms with E-state index in [4.69, 9.17) is 9.47 Å². The molecule has 1 heterocycles. The van der Waals surface area contributed by atoms with Gasteiger partial charge in [0.1, 0.15) is 23.0 Å². The second-order valence-corrected chi connectivity index (χ2v) is 7.23. The largest absolute Gasteiger partial charge is 0.497 e. The Morgan fingerprint density at radius 2 is 1.62 bits per heavy atom. The maximum Gasteiger partial charge on any atom is 0.282 e. The van der Waals surface area contributed by atoms with Gasteiger partial charge in [0.25, 0.3) is 11.8 Å². The first kappa shape index (κ1) is 21.1. The normalized spacial score (nSPS) is 13.6. The van der Waals surface area contributed by atoms with Crippen molar-refractivity contribution in [2.75, 3.05) is 24.4 Å². The van der Waals surface area contributed by atoms with Gasteiger partial charge >= 0.3 is 0 Å². The molecule has 0 aliphatic carbocycles. The molecule has 1 N–H and O–H groups in total. The number of aryl methyl sites for hydroxylation is 1. The number of carbonyl (C=O) groups excluding carboxylic acids is 2. The molecule has 3 aromatic rings. The molecular weight excluding hydrogens is 411 g/mol. The van der Waals surface area contributed by atoms with Crippen molar-refractivity contribution in [3.05, 3.63) is 89.4 Å². The number of hydrogen-bond donors (Lipinski definition) is 1. The predicted octanol–water partition coefficient (Wildman–Crippen LogP) is 4.55. The van der Waals surface area contributed by atoms with Gasteiger partial charge in [-0.2, -0.15) is 0 Å². The second kappa shape index (κ2) is 8.55. The Kier molecular flexibility index (Phi) is 5.64. The van der Waals surface area contributed by atoms with E-state index in [1.807, 2.05) is 19.1 Å². The van der Waals surface area contributed by atoms with Crippen LogP contribution in [-0.4, -0.2) is 26.0 Å². The third-order valence-electron chi connectivity index (χ3n) is 5.16. The summed E-state index contributed by atoms with van der Waals surface area (Å²) in [5, 5.41) is 3.06. The summed E-state index contributed by atoms with van der Waals surface area (Å²) in [6.07, 6.45) is 0. The molecule has 0 saturated carbocycles. The molecule has 3 aromatic carbocycles. The summed E-state index contributed by atoms with van der Waals surface area (Å²) in [6.45, 7) is 1.93. The van der Waals surface area contributed by atoms with Crippen LogP contribution in [0.2, 0.25) is 0 Å². The maximum atomic E-state index is 13.9. The molecular formula is C25H21FN2O4. The van der Waals surface area contributed by atoms with E-state index in [-0.39, 0.29) is 17.0 Å². The lowest BCUT2D eigenvalue weighted by molar-refractivity contribution is -0.120. The third kappa shape index (κ3) is 3.80. The standard InChI is InChI=1S/C25H21FN2O4/c1-15-7-9-16(10-8-15)22-23(27-20-14-19(31-2)11-12-21(20)32-3)25(30)28(24(22)29)18-6-4-5-17(26)13-18/h4-14,27H,1-3H3. The van der Waals surface area contributed by atoms with Crippen LogP contribution in [-0.2, 0) is 9.59 Å². The molecule has 0 fully saturated rings. The fourth-order valence-corrected chi connectivity index (χ4v) is 3.53. The molecule has 6 nitrogen and oxygen atoms in total. The van der Waals surface area contributed by atoms with Crippen LogP contribution < -0.4 is 19.7 Å². The van der Waals surface area contributed by atoms with Crippen molar-refractivity contribution in [3.63, 3.8) is 0 Å². The second-order valence-electron chi connectivity index (χ2n) is 7.23. The lowest BCUT2D eigenvalue weighted by Crippen LogP contribution is -2.32. The summed E-state index contributed by atoms with van der Waals surface area (Å²) < 4.78 is 24.5. The Bertz CT molecular complexity index is 1230. The van der Waals surface area contributed by atoms with Gasteiger partial charge in [-0.1, -0.05) is 35.9 Å². The Morgan fingerprint density at radius 1 is 0.875 bits per heavy atom. The first-order valence-electron chi connectivity index (χ1n) is 9.87. The minimum Gasteiger partial charge on any atom is -0.497 e. The quantitative estimate of drug-likeness (QED) is 0.579. The zero-order chi connectivity index (χ0) is 22.8. The van der Waals surface area contributed by atoms with Crippen LogP contribution in [0.25, 0.3) is 5.57 Å². The van der Waals surface area contributed by atoms with E-state index in [2.05, 4.69) is 5.32 Å². The van der Waals surface area contributed by atoms with Gasteiger partial charge in [-0.3, -0.25) is 9.59 Å². The van der Waals surface area contributed by atoms with Crippen molar-refractivity contribution in [1.82, 2.24) is 0 Å². The Morgan fingerprint density at radius 3 is 2.28 bits per heavy atom. The van der Waals surface area contributed by atoms with E-state index >= 15 is 0 Å². The number of amides is 2. The monoisotopic (exact) mass is 432 g/mol. The molecule has 1 aliphatic rings. The van der Waals surface area contributed by atoms with Crippen molar-refractivity contribution in [2.45, 2.75) is 6.92 Å². The number of anilines is 2. The number of methoxy groups -OCH3 is 2. The van der Waals surface area contributed by atoms with Gasteiger partial charge in [0.05, 0.1) is 31.2 Å². The van der Waals surface area contributed by atoms with E-state index in [9.17, 15) is 14.0 Å². The minimum atomic E-state index is -0.596. The molecule has 0 bridgehead atoms. The van der Waals surface area contributed by atoms with Crippen LogP contribution in [0.3, 0.4) is 0 Å². The molecule has 0 spiro atoms. The van der Waals surface area contributed by atoms with E-state index in [0.717, 1.165) is 16.5 Å². The van der Waals surface area contributed by atoms with Gasteiger partial charge in [-0.25, -0.2) is 9.29 Å². The van der Waals surface area contributed by atoms with Gasteiger partial charge in [-0.05, 0) is 42.8 Å². The summed E-state index contributed by atoms with van der Waals surface area (Å²) >= 11 is 0. The van der Waals surface area contributed by atoms with Crippen molar-refractivity contribution < 1.29 is 23.5 Å². The molecule has 7 heteroatoms. The third-order valence-corrected chi connectivity index (χ3v) is 5.16. The summed E-state index contributed by atoms with van der Waals surface area (Å²) in [6, 6.07) is 17.7. The van der Waals surface area contributed by atoms with Crippen LogP contribution in [0.4, 0.5) is 15.8 Å². The zero-order valence-corrected chi connectivity index (χ0v) is 17.8. The average molecular weight is 432 g/mol. The number of carbonyl (C=O) groups is 2. The Labute approximate surface area is 184 Å². The lowest BCUT2D eigenvalue weighted by atomic mass is 10.0. The Hall–Kier alpha value is -4.13. The number of imide groups is 1. The van der Waals surface area contributed by atoms with Gasteiger partial charge in [0, 0.05) is 6.07 Å². The predicted molar refractivity (Wildman–Crippen MR) is 120 cm³/mol. The van der Waals surface area contributed by atoms with Gasteiger partial charge < -0.3 is 14.8 Å². The first-order valence-corrected chi connectivity index (χ1v) is 9.87. The smallest absolute Gasteiger partial charge is 0.282 e. The van der Waals surface area contributed by atoms with Crippen LogP contribution in [0.15, 0.2) is 72.4 Å². The van der Waals surface area contributed by atoms with Gasteiger partial charge in [0.2, 0.25) is 0 Å². The summed E-state index contributed by atoms with van der Waals surface area (Å²) in [7, 11) is 3.03. The minimum absolute atomic E-state index is 0.0645. The Balaban J connectivity index is 1.86. The molecule has 32 heavy (non-hydrogen) atoms. The number of halogens is 1. The van der Waals surface area contributed by atoms with E-state index in [1.165, 1.54) is 32.4 Å². The highest BCUT2D eigenvalue weighted by Crippen LogP contribution is 2.37. The molecule has 1 aliphatic heterocycles.